The van der Waals surface area contributed by atoms with Gasteiger partial charge in [0.25, 0.3) is 0 Å². The van der Waals surface area contributed by atoms with Crippen molar-refractivity contribution in [1.29, 1.82) is 0 Å². The second-order valence-electron chi connectivity index (χ2n) is 5.00. The van der Waals surface area contributed by atoms with Crippen molar-refractivity contribution in [2.75, 3.05) is 7.05 Å². The molecule has 20 heavy (non-hydrogen) atoms. The maximum absolute atomic E-state index is 12.2. The first-order chi connectivity index (χ1) is 9.58. The molecule has 2 rings (SSSR count). The molecule has 1 amide bonds. The number of hydrogen-bond acceptors (Lipinski definition) is 3. The molecule has 4 heteroatoms. The van der Waals surface area contributed by atoms with Gasteiger partial charge in [0.15, 0.2) is 0 Å². The third-order valence-electron chi connectivity index (χ3n) is 3.40. The zero-order chi connectivity index (χ0) is 14.5. The Morgan fingerprint density at radius 2 is 2.00 bits per heavy atom. The van der Waals surface area contributed by atoms with Crippen LogP contribution >= 0.6 is 11.3 Å². The van der Waals surface area contributed by atoms with E-state index in [-0.39, 0.29) is 11.9 Å². The van der Waals surface area contributed by atoms with Crippen LogP contribution < -0.4 is 5.73 Å². The highest BCUT2D eigenvalue weighted by Crippen LogP contribution is 2.19. The summed E-state index contributed by atoms with van der Waals surface area (Å²) in [6.07, 6.45) is 0.338. The van der Waals surface area contributed by atoms with Crippen LogP contribution in [0.4, 0.5) is 0 Å². The van der Waals surface area contributed by atoms with Crippen molar-refractivity contribution in [1.82, 2.24) is 4.90 Å². The molecule has 0 saturated heterocycles. The van der Waals surface area contributed by atoms with Crippen LogP contribution in [0.25, 0.3) is 0 Å². The highest BCUT2D eigenvalue weighted by Gasteiger charge is 2.16. The zero-order valence-electron chi connectivity index (χ0n) is 11.9. The van der Waals surface area contributed by atoms with Crippen molar-refractivity contribution in [3.63, 3.8) is 0 Å². The Bertz CT molecular complexity index is 565. The van der Waals surface area contributed by atoms with Crippen molar-refractivity contribution in [3.05, 3.63) is 57.8 Å². The van der Waals surface area contributed by atoms with Gasteiger partial charge in [0.1, 0.15) is 0 Å². The first-order valence-corrected chi connectivity index (χ1v) is 7.53. The summed E-state index contributed by atoms with van der Waals surface area (Å²) in [6.45, 7) is 2.73. The van der Waals surface area contributed by atoms with Gasteiger partial charge >= 0.3 is 0 Å². The van der Waals surface area contributed by atoms with Crippen LogP contribution in [0.5, 0.6) is 0 Å². The number of nitrogens with zero attached hydrogens (tertiary/aromatic N) is 1. The molecule has 0 bridgehead atoms. The van der Waals surface area contributed by atoms with Crippen molar-refractivity contribution >= 4 is 17.2 Å². The van der Waals surface area contributed by atoms with Gasteiger partial charge in [-0.25, -0.2) is 0 Å². The van der Waals surface area contributed by atoms with E-state index in [0.29, 0.717) is 13.0 Å². The van der Waals surface area contributed by atoms with Gasteiger partial charge in [0.05, 0.1) is 6.54 Å². The van der Waals surface area contributed by atoms with Crippen molar-refractivity contribution in [2.45, 2.75) is 25.9 Å². The molecule has 0 aliphatic rings. The predicted octanol–water partition coefficient (Wildman–Crippen LogP) is 3.11. The molecule has 1 heterocycles. The number of hydrogen-bond donors (Lipinski definition) is 1. The molecule has 1 unspecified atom stereocenters. The smallest absolute Gasteiger partial charge is 0.224 e. The molecule has 2 aromatic rings. The maximum atomic E-state index is 12.2. The molecule has 1 atom stereocenters. The number of rotatable bonds is 5. The Labute approximate surface area is 124 Å². The molecule has 0 spiro atoms. The molecular formula is C16H20N2OS. The predicted molar refractivity (Wildman–Crippen MR) is 83.5 cm³/mol. The summed E-state index contributed by atoms with van der Waals surface area (Å²) < 4.78 is 0. The first-order valence-electron chi connectivity index (χ1n) is 6.65. The van der Waals surface area contributed by atoms with Crippen LogP contribution in [-0.2, 0) is 11.3 Å². The molecule has 0 radical (unpaired) electrons. The molecule has 1 aromatic heterocycles. The van der Waals surface area contributed by atoms with Gasteiger partial charge < -0.3 is 10.6 Å². The molecule has 3 nitrogen and oxygen atoms in total. The summed E-state index contributed by atoms with van der Waals surface area (Å²) in [7, 11) is 1.83. The quantitative estimate of drug-likeness (QED) is 0.919. The minimum absolute atomic E-state index is 0.0779. The van der Waals surface area contributed by atoms with E-state index in [2.05, 4.69) is 18.4 Å². The molecule has 0 fully saturated rings. The number of benzene rings is 1. The minimum Gasteiger partial charge on any atom is -0.341 e. The summed E-state index contributed by atoms with van der Waals surface area (Å²) in [4.78, 5) is 15.2. The topological polar surface area (TPSA) is 46.3 Å². The maximum Gasteiger partial charge on any atom is 0.224 e. The van der Waals surface area contributed by atoms with Crippen LogP contribution in [0.1, 0.15) is 28.5 Å². The Hall–Kier alpha value is -1.65. The van der Waals surface area contributed by atoms with Gasteiger partial charge in [0, 0.05) is 24.4 Å². The third-order valence-corrected chi connectivity index (χ3v) is 4.40. The largest absolute Gasteiger partial charge is 0.341 e. The van der Waals surface area contributed by atoms with E-state index in [4.69, 9.17) is 5.73 Å². The monoisotopic (exact) mass is 288 g/mol. The SMILES string of the molecule is Cc1ccsc1CN(C)C(=O)CC(N)c1ccccc1. The molecule has 0 aliphatic heterocycles. The summed E-state index contributed by atoms with van der Waals surface area (Å²) in [5.74, 6) is 0.0779. The number of aryl methyl sites for hydroxylation is 1. The second-order valence-corrected chi connectivity index (χ2v) is 6.00. The van der Waals surface area contributed by atoms with Gasteiger partial charge in [-0.15, -0.1) is 11.3 Å². The Balaban J connectivity index is 1.93. The molecule has 106 valence electrons. The van der Waals surface area contributed by atoms with Gasteiger partial charge in [0.2, 0.25) is 5.91 Å². The van der Waals surface area contributed by atoms with Gasteiger partial charge in [-0.1, -0.05) is 30.3 Å². The lowest BCUT2D eigenvalue weighted by molar-refractivity contribution is -0.130. The van der Waals surface area contributed by atoms with Crippen molar-refractivity contribution in [3.8, 4) is 0 Å². The molecule has 0 saturated carbocycles. The lowest BCUT2D eigenvalue weighted by atomic mass is 10.0. The van der Waals surface area contributed by atoms with Crippen molar-refractivity contribution < 1.29 is 4.79 Å². The number of amides is 1. The average Bonchev–Trinajstić information content (AvgIpc) is 2.85. The van der Waals surface area contributed by atoms with E-state index in [0.717, 1.165) is 5.56 Å². The summed E-state index contributed by atoms with van der Waals surface area (Å²) in [5, 5.41) is 2.05. The van der Waals surface area contributed by atoms with Crippen LogP contribution in [0.15, 0.2) is 41.8 Å². The Morgan fingerprint density at radius 3 is 2.60 bits per heavy atom. The number of thiophene rings is 1. The molecule has 2 N–H and O–H groups in total. The van der Waals surface area contributed by atoms with E-state index in [1.807, 2.05) is 37.4 Å². The molecule has 0 aliphatic carbocycles. The van der Waals surface area contributed by atoms with Crippen LogP contribution in [0.3, 0.4) is 0 Å². The fourth-order valence-corrected chi connectivity index (χ4v) is 2.99. The fourth-order valence-electron chi connectivity index (χ4n) is 2.03. The van der Waals surface area contributed by atoms with Crippen LogP contribution in [0, 0.1) is 6.92 Å². The Morgan fingerprint density at radius 1 is 1.30 bits per heavy atom. The third kappa shape index (κ3) is 3.68. The van der Waals surface area contributed by atoms with E-state index >= 15 is 0 Å². The number of carbonyl (C=O) groups excluding carboxylic acids is 1. The molecular weight excluding hydrogens is 268 g/mol. The summed E-state index contributed by atoms with van der Waals surface area (Å²) in [5.41, 5.74) is 8.33. The lowest BCUT2D eigenvalue weighted by Crippen LogP contribution is -2.29. The lowest BCUT2D eigenvalue weighted by Gasteiger charge is -2.19. The highest BCUT2D eigenvalue weighted by atomic mass is 32.1. The number of carbonyl (C=O) groups is 1. The highest BCUT2D eigenvalue weighted by molar-refractivity contribution is 7.10. The standard InChI is InChI=1S/C16H20N2OS/c1-12-8-9-20-15(12)11-18(2)16(19)10-14(17)13-6-4-3-5-7-13/h3-9,14H,10-11,17H2,1-2H3. The summed E-state index contributed by atoms with van der Waals surface area (Å²) in [6, 6.07) is 11.6. The van der Waals surface area contributed by atoms with E-state index < -0.39 is 0 Å². The first kappa shape index (κ1) is 14.8. The number of nitrogens with two attached hydrogens (primary N) is 1. The van der Waals surface area contributed by atoms with Crippen LogP contribution in [-0.4, -0.2) is 17.9 Å². The fraction of sp³-hybridized carbons (Fsp3) is 0.312. The Kier molecular flexibility index (Phi) is 4.93. The van der Waals surface area contributed by atoms with E-state index in [9.17, 15) is 4.79 Å². The normalized spacial score (nSPS) is 12.2. The minimum atomic E-state index is -0.240. The summed E-state index contributed by atoms with van der Waals surface area (Å²) >= 11 is 1.69. The van der Waals surface area contributed by atoms with Gasteiger partial charge in [-0.05, 0) is 29.5 Å². The van der Waals surface area contributed by atoms with Crippen LogP contribution in [0.2, 0.25) is 0 Å². The van der Waals surface area contributed by atoms with E-state index in [1.54, 1.807) is 16.2 Å². The zero-order valence-corrected chi connectivity index (χ0v) is 12.7. The van der Waals surface area contributed by atoms with Gasteiger partial charge in [-0.3, -0.25) is 4.79 Å². The average molecular weight is 288 g/mol. The molecule has 1 aromatic carbocycles. The second kappa shape index (κ2) is 6.68. The van der Waals surface area contributed by atoms with E-state index in [1.165, 1.54) is 10.4 Å². The van der Waals surface area contributed by atoms with Crippen molar-refractivity contribution in [2.24, 2.45) is 5.73 Å². The van der Waals surface area contributed by atoms with Gasteiger partial charge in [-0.2, -0.15) is 0 Å².